The highest BCUT2D eigenvalue weighted by Crippen LogP contribution is 2.28. The van der Waals surface area contributed by atoms with Gasteiger partial charge in [-0.25, -0.2) is 0 Å². The molecule has 0 saturated carbocycles. The topological polar surface area (TPSA) is 44.1 Å². The number of hydrogen-bond acceptors (Lipinski definition) is 2. The molecule has 17 heavy (non-hydrogen) atoms. The lowest BCUT2D eigenvalue weighted by Gasteiger charge is -2.24. The maximum atomic E-state index is 11.8. The summed E-state index contributed by atoms with van der Waals surface area (Å²) < 4.78 is 1.02. The number of hydrogen-bond donors (Lipinski definition) is 0. The zero-order chi connectivity index (χ0) is 12.4. The minimum Gasteiger partial charge on any atom is -0.335 e. The highest BCUT2D eigenvalue weighted by Gasteiger charge is 2.32. The first-order valence-corrected chi connectivity index (χ1v) is 6.35. The molecule has 1 fully saturated rings. The Labute approximate surface area is 109 Å². The molecule has 2 rings (SSSR count). The van der Waals surface area contributed by atoms with Gasteiger partial charge in [0.1, 0.15) is 0 Å². The Morgan fingerprint density at radius 3 is 2.65 bits per heavy atom. The normalized spacial score (nSPS) is 21.4. The zero-order valence-electron chi connectivity index (χ0n) is 9.56. The molecule has 1 aromatic carbocycles. The van der Waals surface area contributed by atoms with Gasteiger partial charge in [-0.05, 0) is 24.6 Å². The quantitative estimate of drug-likeness (QED) is 0.841. The van der Waals surface area contributed by atoms with Crippen molar-refractivity contribution in [1.82, 2.24) is 4.90 Å². The molecule has 0 radical (unpaired) electrons. The molecule has 88 valence electrons. The molecule has 1 amide bonds. The van der Waals surface area contributed by atoms with Crippen LogP contribution in [-0.2, 0) is 4.79 Å². The van der Waals surface area contributed by atoms with E-state index in [2.05, 4.69) is 22.0 Å². The largest absolute Gasteiger partial charge is 0.335 e. The van der Waals surface area contributed by atoms with E-state index in [0.29, 0.717) is 13.0 Å². The summed E-state index contributed by atoms with van der Waals surface area (Å²) >= 11 is 3.39. The van der Waals surface area contributed by atoms with Crippen molar-refractivity contribution < 1.29 is 4.79 Å². The van der Waals surface area contributed by atoms with Crippen LogP contribution < -0.4 is 0 Å². The van der Waals surface area contributed by atoms with Gasteiger partial charge in [0, 0.05) is 17.4 Å². The maximum absolute atomic E-state index is 11.8. The molecule has 0 spiro atoms. The fourth-order valence-electron chi connectivity index (χ4n) is 2.11. The predicted molar refractivity (Wildman–Crippen MR) is 68.0 cm³/mol. The van der Waals surface area contributed by atoms with Crippen LogP contribution >= 0.6 is 15.9 Å². The van der Waals surface area contributed by atoms with E-state index < -0.39 is 0 Å². The number of amides is 1. The van der Waals surface area contributed by atoms with E-state index in [1.807, 2.05) is 31.2 Å². The minimum atomic E-state index is -0.152. The summed E-state index contributed by atoms with van der Waals surface area (Å²) in [4.78, 5) is 13.6. The van der Waals surface area contributed by atoms with Crippen LogP contribution in [0.1, 0.15) is 24.9 Å². The molecule has 1 heterocycles. The lowest BCUT2D eigenvalue weighted by Crippen LogP contribution is -2.28. The Hall–Kier alpha value is -1.34. The Kier molecular flexibility index (Phi) is 3.49. The minimum absolute atomic E-state index is 0.0361. The highest BCUT2D eigenvalue weighted by atomic mass is 79.9. The summed E-state index contributed by atoms with van der Waals surface area (Å²) in [7, 11) is 0. The molecule has 0 N–H and O–H groups in total. The zero-order valence-corrected chi connectivity index (χ0v) is 11.1. The number of carbonyl (C=O) groups excluding carboxylic acids is 1. The molecule has 0 aromatic heterocycles. The second-order valence-corrected chi connectivity index (χ2v) is 5.22. The van der Waals surface area contributed by atoms with Gasteiger partial charge >= 0.3 is 0 Å². The first-order chi connectivity index (χ1) is 8.11. The van der Waals surface area contributed by atoms with Crippen LogP contribution in [0.4, 0.5) is 0 Å². The van der Waals surface area contributed by atoms with Crippen molar-refractivity contribution in [3.05, 3.63) is 34.3 Å². The number of halogens is 1. The fraction of sp³-hybridized carbons (Fsp3) is 0.385. The molecule has 1 saturated heterocycles. The van der Waals surface area contributed by atoms with Gasteiger partial charge in [-0.1, -0.05) is 28.1 Å². The van der Waals surface area contributed by atoms with Crippen molar-refractivity contribution in [3.63, 3.8) is 0 Å². The molecule has 1 aromatic rings. The van der Waals surface area contributed by atoms with Crippen molar-refractivity contribution in [2.75, 3.05) is 6.54 Å². The average Bonchev–Trinajstić information content (AvgIpc) is 2.71. The van der Waals surface area contributed by atoms with Crippen molar-refractivity contribution in [1.29, 1.82) is 5.26 Å². The van der Waals surface area contributed by atoms with Crippen LogP contribution in [-0.4, -0.2) is 17.4 Å². The molecule has 4 heteroatoms. The summed E-state index contributed by atoms with van der Waals surface area (Å²) in [5, 5.41) is 8.86. The van der Waals surface area contributed by atoms with Gasteiger partial charge in [-0.3, -0.25) is 4.79 Å². The van der Waals surface area contributed by atoms with Crippen LogP contribution in [0.3, 0.4) is 0 Å². The Balaban J connectivity index is 2.16. The van der Waals surface area contributed by atoms with E-state index in [4.69, 9.17) is 5.26 Å². The standard InChI is InChI=1S/C13H13BrN2O/c1-9(11-2-4-12(14)5-3-11)16-8-10(7-15)6-13(16)17/h2-5,9-10H,6,8H2,1H3. The highest BCUT2D eigenvalue weighted by molar-refractivity contribution is 9.10. The molecular formula is C13H13BrN2O. The Morgan fingerprint density at radius 2 is 2.12 bits per heavy atom. The van der Waals surface area contributed by atoms with Crippen molar-refractivity contribution in [3.8, 4) is 6.07 Å². The Bertz CT molecular complexity index is 463. The third-order valence-corrected chi connectivity index (χ3v) is 3.69. The van der Waals surface area contributed by atoms with Crippen LogP contribution in [0.5, 0.6) is 0 Å². The number of likely N-dealkylation sites (tertiary alicyclic amines) is 1. The van der Waals surface area contributed by atoms with Crippen LogP contribution in [0.2, 0.25) is 0 Å². The van der Waals surface area contributed by atoms with E-state index >= 15 is 0 Å². The Morgan fingerprint density at radius 1 is 1.47 bits per heavy atom. The van der Waals surface area contributed by atoms with Gasteiger partial charge in [0.25, 0.3) is 0 Å². The van der Waals surface area contributed by atoms with Crippen LogP contribution in [0.25, 0.3) is 0 Å². The van der Waals surface area contributed by atoms with E-state index in [-0.39, 0.29) is 17.9 Å². The molecule has 2 atom stereocenters. The van der Waals surface area contributed by atoms with Crippen molar-refractivity contribution in [2.24, 2.45) is 5.92 Å². The number of carbonyl (C=O) groups is 1. The van der Waals surface area contributed by atoms with Gasteiger partial charge in [-0.2, -0.15) is 5.26 Å². The van der Waals surface area contributed by atoms with Gasteiger partial charge in [-0.15, -0.1) is 0 Å². The number of benzene rings is 1. The second-order valence-electron chi connectivity index (χ2n) is 4.30. The first-order valence-electron chi connectivity index (χ1n) is 5.56. The number of rotatable bonds is 2. The molecule has 2 unspecified atom stereocenters. The summed E-state index contributed by atoms with van der Waals surface area (Å²) in [6.45, 7) is 2.55. The lowest BCUT2D eigenvalue weighted by molar-refractivity contribution is -0.129. The van der Waals surface area contributed by atoms with Gasteiger partial charge in [0.05, 0.1) is 18.0 Å². The molecule has 0 aliphatic carbocycles. The molecule has 3 nitrogen and oxygen atoms in total. The fourth-order valence-corrected chi connectivity index (χ4v) is 2.38. The smallest absolute Gasteiger partial charge is 0.224 e. The van der Waals surface area contributed by atoms with Gasteiger partial charge < -0.3 is 4.90 Å². The SMILES string of the molecule is CC(c1ccc(Br)cc1)N1CC(C#N)CC1=O. The van der Waals surface area contributed by atoms with Gasteiger partial charge in [0.15, 0.2) is 0 Å². The van der Waals surface area contributed by atoms with E-state index in [9.17, 15) is 4.79 Å². The second kappa shape index (κ2) is 4.89. The van der Waals surface area contributed by atoms with E-state index in [0.717, 1.165) is 10.0 Å². The molecular weight excluding hydrogens is 280 g/mol. The summed E-state index contributed by atoms with van der Waals surface area (Å²) in [6, 6.07) is 10.1. The van der Waals surface area contributed by atoms with Crippen molar-refractivity contribution >= 4 is 21.8 Å². The average molecular weight is 293 g/mol. The summed E-state index contributed by atoms with van der Waals surface area (Å²) in [5.41, 5.74) is 1.10. The molecule has 1 aliphatic rings. The summed E-state index contributed by atoms with van der Waals surface area (Å²) in [5.74, 6) is -0.0765. The van der Waals surface area contributed by atoms with E-state index in [1.165, 1.54) is 0 Å². The first kappa shape index (κ1) is 12.1. The third-order valence-electron chi connectivity index (χ3n) is 3.16. The van der Waals surface area contributed by atoms with Gasteiger partial charge in [0.2, 0.25) is 5.91 Å². The van der Waals surface area contributed by atoms with Crippen molar-refractivity contribution in [2.45, 2.75) is 19.4 Å². The molecule has 1 aliphatic heterocycles. The van der Waals surface area contributed by atoms with E-state index in [1.54, 1.807) is 4.90 Å². The summed E-state index contributed by atoms with van der Waals surface area (Å²) in [6.07, 6.45) is 0.359. The third kappa shape index (κ3) is 2.50. The lowest BCUT2D eigenvalue weighted by atomic mass is 10.1. The van der Waals surface area contributed by atoms with Crippen LogP contribution in [0.15, 0.2) is 28.7 Å². The monoisotopic (exact) mass is 292 g/mol. The molecule has 0 bridgehead atoms. The maximum Gasteiger partial charge on any atom is 0.224 e. The predicted octanol–water partition coefficient (Wildman–Crippen LogP) is 2.88. The van der Waals surface area contributed by atoms with Crippen LogP contribution in [0, 0.1) is 17.2 Å². The number of nitrogens with zero attached hydrogens (tertiary/aromatic N) is 2. The number of nitriles is 1.